The van der Waals surface area contributed by atoms with Gasteiger partial charge < -0.3 is 0 Å². The molecule has 11 rings (SSSR count). The topological polar surface area (TPSA) is 0 Å². The molecule has 10 saturated heterocycles. The molecule has 1 aliphatic carbocycles. The van der Waals surface area contributed by atoms with Crippen molar-refractivity contribution in [1.82, 2.24) is 0 Å². The van der Waals surface area contributed by atoms with E-state index < -0.39 is 7.72 Å². The molecular weight excluding hydrogens is 281 g/mol. The van der Waals surface area contributed by atoms with Crippen LogP contribution in [0, 0.1) is 0 Å². The molecule has 10 aliphatic heterocycles. The minimum atomic E-state index is -3.01. The van der Waals surface area contributed by atoms with Crippen molar-refractivity contribution in [3.8, 4) is 0 Å². The molecule has 10 heterocycles. The molecule has 1 heteroatoms. The third-order valence-electron chi connectivity index (χ3n) is 15.9. The van der Waals surface area contributed by atoms with Crippen LogP contribution >= 0.6 is 0 Å². The van der Waals surface area contributed by atoms with Crippen LogP contribution in [0.5, 0.6) is 0 Å². The summed E-state index contributed by atoms with van der Waals surface area (Å²) >= 11 is 0. The van der Waals surface area contributed by atoms with Gasteiger partial charge in [0.05, 0.1) is 0 Å². The van der Waals surface area contributed by atoms with Crippen LogP contribution in [0.4, 0.5) is 0 Å². The van der Waals surface area contributed by atoms with Gasteiger partial charge in [-0.1, -0.05) is 0 Å². The third kappa shape index (κ3) is 0.0474. The zero-order chi connectivity index (χ0) is 9.42. The molecule has 10 fully saturated rings. The number of hydrogen-bond acceptors (Lipinski definition) is 0. The van der Waals surface area contributed by atoms with Gasteiger partial charge in [-0.2, -0.15) is 0 Å². The zero-order valence-corrected chi connectivity index (χ0v) is 10.7. The van der Waals surface area contributed by atoms with Crippen LogP contribution in [0.2, 0.25) is 44.6 Å². The summed E-state index contributed by atoms with van der Waals surface area (Å²) in [5, 5.41) is 0. The van der Waals surface area contributed by atoms with Crippen LogP contribution < -0.4 is 0 Å². The Morgan fingerprint density at radius 3 is 1.88 bits per heavy atom. The molecule has 4 unspecified atom stereocenters. The molecule has 0 bridgehead atoms. The van der Waals surface area contributed by atoms with Crippen molar-refractivity contribution in [2.45, 2.75) is 51.0 Å². The fourth-order valence-corrected chi connectivity index (χ4v) is 151. The van der Waals surface area contributed by atoms with Gasteiger partial charge in [-0.3, -0.25) is 0 Å². The molecule has 0 saturated carbocycles. The molecule has 0 aromatic carbocycles. The normalized spacial score (nSPS) is 130. The Bertz CT molecular complexity index is 960. The first-order chi connectivity index (χ1) is 7.65. The molecule has 1 spiro atoms. The minimum absolute atomic E-state index is 1.09. The van der Waals surface area contributed by atoms with Gasteiger partial charge in [-0.15, -0.1) is 0 Å². The van der Waals surface area contributed by atoms with Crippen molar-refractivity contribution in [3.05, 3.63) is 23.8 Å². The van der Waals surface area contributed by atoms with Crippen molar-refractivity contribution >= 4 is 0 Å². The summed E-state index contributed by atoms with van der Waals surface area (Å²) in [4.78, 5) is 0. The monoisotopic (exact) mass is 296 g/mol. The maximum atomic E-state index is 2.60. The summed E-state index contributed by atoms with van der Waals surface area (Å²) in [7, 11) is -3.01. The summed E-state index contributed by atoms with van der Waals surface area (Å²) in [6, 6.07) is 0. The van der Waals surface area contributed by atoms with Crippen LogP contribution in [0.3, 0.4) is 0 Å². The van der Waals surface area contributed by atoms with Gasteiger partial charge in [0.25, 0.3) is 0 Å². The van der Waals surface area contributed by atoms with Crippen molar-refractivity contribution in [3.63, 3.8) is 0 Å². The van der Waals surface area contributed by atoms with Crippen molar-refractivity contribution in [2.24, 2.45) is 0 Å². The van der Waals surface area contributed by atoms with E-state index in [-0.39, 0.29) is 0 Å². The first kappa shape index (κ1) is 5.39. The Hall–Kier alpha value is 0.103. The molecule has 0 aromatic rings. The summed E-state index contributed by atoms with van der Waals surface area (Å²) in [5.74, 6) is 0. The number of allylic oxidation sites excluding steroid dienone is 4. The van der Waals surface area contributed by atoms with Gasteiger partial charge in [0.15, 0.2) is 0 Å². The van der Waals surface area contributed by atoms with E-state index in [2.05, 4.69) is 18.2 Å². The van der Waals surface area contributed by atoms with Gasteiger partial charge in [-0.25, -0.2) is 0 Å². The van der Waals surface area contributed by atoms with Gasteiger partial charge in [0, 0.05) is 0 Å². The van der Waals surface area contributed by atoms with Crippen LogP contribution in [-0.2, 0) is 7.72 Å². The van der Waals surface area contributed by atoms with Crippen molar-refractivity contribution < 1.29 is 7.72 Å². The third-order valence-corrected chi connectivity index (χ3v) is 82.7. The van der Waals surface area contributed by atoms with Crippen LogP contribution in [0.25, 0.3) is 0 Å². The molecule has 4 atom stereocenters. The first-order valence-corrected chi connectivity index (χ1v) is 17.1. The summed E-state index contributed by atoms with van der Waals surface area (Å²) in [6.45, 7) is 0. The van der Waals surface area contributed by atoms with E-state index in [0.29, 0.717) is 0 Å². The van der Waals surface area contributed by atoms with E-state index in [1.807, 2.05) is 5.57 Å². The van der Waals surface area contributed by atoms with Crippen LogP contribution in [0.1, 0.15) is 6.42 Å². The predicted octanol–water partition coefficient (Wildman–Crippen LogP) is 4.63. The Balaban J connectivity index is 1.69. The van der Waals surface area contributed by atoms with Crippen LogP contribution in [0.15, 0.2) is 23.8 Å². The fraction of sp³-hybridized carbons (Fsp3) is 0.733. The van der Waals surface area contributed by atoms with E-state index in [9.17, 15) is 0 Å². The van der Waals surface area contributed by atoms with E-state index in [1.54, 1.807) is 0 Å². The standard InChI is InChI=1S/C10H9.C5H5.Ru/c1-2-6-9(5-1)10-7-3-4-8-10;1-2-4-5-3-1;/h1-7H,8H2;1-5H;. The van der Waals surface area contributed by atoms with Crippen LogP contribution in [-0.4, -0.2) is 0 Å². The second kappa shape index (κ2) is 0.415. The maximum absolute atomic E-state index is 3.01. The quantitative estimate of drug-likeness (QED) is 0.619. The Morgan fingerprint density at radius 2 is 1.56 bits per heavy atom. The zero-order valence-electron chi connectivity index (χ0n) is 8.99. The molecule has 0 aromatic heterocycles. The molecule has 0 amide bonds. The molecular formula is C15H14Ru. The van der Waals surface area contributed by atoms with Gasteiger partial charge in [-0.05, 0) is 0 Å². The Morgan fingerprint density at radius 1 is 0.938 bits per heavy atom. The number of hydrogen-bond donors (Lipinski definition) is 0. The number of fused-ring (bicyclic) bond motifs is 10. The second-order valence-electron chi connectivity index (χ2n) is 11.0. The van der Waals surface area contributed by atoms with Gasteiger partial charge >= 0.3 is 82.6 Å². The van der Waals surface area contributed by atoms with Crippen molar-refractivity contribution in [2.75, 3.05) is 0 Å². The molecule has 82 valence electrons. The average Bonchev–Trinajstić information content (AvgIpc) is 3.20. The fourth-order valence-electron chi connectivity index (χ4n) is 17.8. The van der Waals surface area contributed by atoms with Crippen molar-refractivity contribution in [1.29, 1.82) is 0 Å². The Kier molecular flexibility index (Phi) is 0.140. The average molecular weight is 295 g/mol. The van der Waals surface area contributed by atoms with E-state index >= 15 is 0 Å². The molecule has 0 nitrogen and oxygen atoms in total. The molecule has 16 heavy (non-hydrogen) atoms. The number of rotatable bonds is 1. The SMILES string of the molecule is C1=CCC([C]23[CH]4[CH]5[CH]6[CH]2[Ru]56432789[CH]3[CH]2[CH]7[CH]8[CH]39)=C1. The summed E-state index contributed by atoms with van der Waals surface area (Å²) in [5.41, 5.74) is 2.03. The summed E-state index contributed by atoms with van der Waals surface area (Å²) < 4.78 is 14.8. The first-order valence-electron chi connectivity index (χ1n) is 7.23. The molecule has 11 aliphatic rings. The Labute approximate surface area is 82.5 Å². The van der Waals surface area contributed by atoms with Gasteiger partial charge in [0.1, 0.15) is 0 Å². The molecule has 0 N–H and O–H groups in total. The van der Waals surface area contributed by atoms with E-state index in [1.165, 1.54) is 47.0 Å². The second-order valence-corrected chi connectivity index (χ2v) is 48.1. The van der Waals surface area contributed by atoms with Gasteiger partial charge in [0.2, 0.25) is 0 Å². The molecule has 0 radical (unpaired) electrons. The van der Waals surface area contributed by atoms with E-state index in [4.69, 9.17) is 0 Å². The predicted molar refractivity (Wildman–Crippen MR) is 58.3 cm³/mol. The van der Waals surface area contributed by atoms with E-state index in [0.717, 1.165) is 4.01 Å². The summed E-state index contributed by atoms with van der Waals surface area (Å²) in [6.07, 6.45) is 8.86.